The molecule has 0 unspecified atom stereocenters. The number of carbonyl (C=O) groups excluding carboxylic acids is 1. The Morgan fingerprint density at radius 2 is 2.06 bits per heavy atom. The van der Waals surface area contributed by atoms with Crippen molar-refractivity contribution in [2.24, 2.45) is 5.41 Å². The number of hydrogen-bond acceptors (Lipinski definition) is 2. The Kier molecular flexibility index (Phi) is 3.61. The molecule has 5 heteroatoms. The van der Waals surface area contributed by atoms with Crippen molar-refractivity contribution in [3.63, 3.8) is 0 Å². The number of carboxylic acid groups (broad SMARTS) is 1. The Hall–Kier alpha value is -1.11. The van der Waals surface area contributed by atoms with E-state index < -0.39 is 17.3 Å². The minimum Gasteiger partial charge on any atom is -0.480 e. The molecule has 0 aliphatic heterocycles. The van der Waals surface area contributed by atoms with Crippen molar-refractivity contribution in [3.05, 3.63) is 27.3 Å². The molecule has 1 amide bonds. The van der Waals surface area contributed by atoms with Gasteiger partial charge in [0, 0.05) is 9.26 Å². The van der Waals surface area contributed by atoms with Crippen LogP contribution in [0, 0.1) is 15.9 Å². The molecule has 2 rings (SSSR count). The lowest BCUT2D eigenvalue weighted by molar-refractivity contribution is -0.159. The lowest BCUT2D eigenvalue weighted by atomic mass is 9.68. The van der Waals surface area contributed by atoms with E-state index >= 15 is 0 Å². The topological polar surface area (TPSA) is 66.4 Å². The van der Waals surface area contributed by atoms with Crippen LogP contribution in [0.1, 0.15) is 24.8 Å². The van der Waals surface area contributed by atoms with Crippen LogP contribution in [0.3, 0.4) is 0 Å². The number of aryl methyl sites for hydroxylation is 1. The number of hydrogen-bond donors (Lipinski definition) is 2. The van der Waals surface area contributed by atoms with E-state index in [0.717, 1.165) is 15.6 Å². The fourth-order valence-corrected chi connectivity index (χ4v) is 2.51. The molecular weight excluding hydrogens is 345 g/mol. The molecule has 0 bridgehead atoms. The molecule has 1 aliphatic rings. The van der Waals surface area contributed by atoms with Gasteiger partial charge in [0.05, 0.1) is 0 Å². The van der Waals surface area contributed by atoms with Crippen LogP contribution in [0.4, 0.5) is 5.69 Å². The molecule has 1 fully saturated rings. The molecule has 1 aliphatic carbocycles. The van der Waals surface area contributed by atoms with Crippen LogP contribution >= 0.6 is 22.6 Å². The normalized spacial score (nSPS) is 16.8. The van der Waals surface area contributed by atoms with Crippen LogP contribution in [-0.4, -0.2) is 17.0 Å². The summed E-state index contributed by atoms with van der Waals surface area (Å²) in [6.45, 7) is 1.98. The molecule has 1 aromatic carbocycles. The third-order valence-electron chi connectivity index (χ3n) is 3.48. The Balaban J connectivity index is 2.16. The monoisotopic (exact) mass is 359 g/mol. The largest absolute Gasteiger partial charge is 0.480 e. The van der Waals surface area contributed by atoms with Crippen LogP contribution in [0.5, 0.6) is 0 Å². The van der Waals surface area contributed by atoms with Crippen LogP contribution in [0.15, 0.2) is 18.2 Å². The first kappa shape index (κ1) is 13.3. The number of carbonyl (C=O) groups is 2. The highest BCUT2D eigenvalue weighted by Gasteiger charge is 2.51. The number of anilines is 1. The van der Waals surface area contributed by atoms with E-state index in [9.17, 15) is 9.59 Å². The first-order valence-corrected chi connectivity index (χ1v) is 6.84. The maximum Gasteiger partial charge on any atom is 0.319 e. The van der Waals surface area contributed by atoms with Crippen molar-refractivity contribution < 1.29 is 14.7 Å². The summed E-state index contributed by atoms with van der Waals surface area (Å²) in [5.74, 6) is -1.42. The van der Waals surface area contributed by atoms with E-state index in [0.29, 0.717) is 18.5 Å². The second-order valence-corrected chi connectivity index (χ2v) is 5.82. The number of carboxylic acids is 1. The number of amides is 1. The van der Waals surface area contributed by atoms with E-state index in [2.05, 4.69) is 27.9 Å². The molecule has 0 spiro atoms. The number of benzene rings is 1. The zero-order chi connectivity index (χ0) is 13.3. The molecule has 0 heterocycles. The van der Waals surface area contributed by atoms with Crippen molar-refractivity contribution in [2.75, 3.05) is 5.32 Å². The molecule has 1 saturated carbocycles. The van der Waals surface area contributed by atoms with Crippen molar-refractivity contribution in [3.8, 4) is 0 Å². The predicted octanol–water partition coefficient (Wildman–Crippen LogP) is 2.79. The Labute approximate surface area is 119 Å². The fraction of sp³-hybridized carbons (Fsp3) is 0.385. The van der Waals surface area contributed by atoms with Gasteiger partial charge in [0.15, 0.2) is 0 Å². The Morgan fingerprint density at radius 1 is 1.39 bits per heavy atom. The van der Waals surface area contributed by atoms with Gasteiger partial charge in [-0.05, 0) is 60.1 Å². The Morgan fingerprint density at radius 3 is 2.50 bits per heavy atom. The summed E-state index contributed by atoms with van der Waals surface area (Å²) in [7, 11) is 0. The average molecular weight is 359 g/mol. The first-order valence-electron chi connectivity index (χ1n) is 5.77. The number of nitrogens with one attached hydrogen (secondary N) is 1. The highest BCUT2D eigenvalue weighted by Crippen LogP contribution is 2.42. The summed E-state index contributed by atoms with van der Waals surface area (Å²) in [5.41, 5.74) is 0.573. The molecule has 0 atom stereocenters. The highest BCUT2D eigenvalue weighted by molar-refractivity contribution is 14.1. The van der Waals surface area contributed by atoms with Gasteiger partial charge in [-0.3, -0.25) is 9.59 Å². The summed E-state index contributed by atoms with van der Waals surface area (Å²) >= 11 is 2.19. The van der Waals surface area contributed by atoms with Gasteiger partial charge in [-0.2, -0.15) is 0 Å². The second kappa shape index (κ2) is 4.87. The summed E-state index contributed by atoms with van der Waals surface area (Å²) in [4.78, 5) is 23.3. The SMILES string of the molecule is Cc1ccc(NC(=O)C2(C(=O)O)CCC2)cc1I. The maximum absolute atomic E-state index is 12.1. The van der Waals surface area contributed by atoms with Crippen molar-refractivity contribution in [2.45, 2.75) is 26.2 Å². The lowest BCUT2D eigenvalue weighted by Gasteiger charge is -2.35. The molecule has 0 radical (unpaired) electrons. The molecule has 18 heavy (non-hydrogen) atoms. The summed E-state index contributed by atoms with van der Waals surface area (Å²) in [5, 5.41) is 11.9. The van der Waals surface area contributed by atoms with Crippen LogP contribution in [-0.2, 0) is 9.59 Å². The third-order valence-corrected chi connectivity index (χ3v) is 4.64. The lowest BCUT2D eigenvalue weighted by Crippen LogP contribution is -2.48. The summed E-state index contributed by atoms with van der Waals surface area (Å²) < 4.78 is 1.04. The van der Waals surface area contributed by atoms with E-state index in [-0.39, 0.29) is 0 Å². The smallest absolute Gasteiger partial charge is 0.319 e. The quantitative estimate of drug-likeness (QED) is 0.644. The van der Waals surface area contributed by atoms with Gasteiger partial charge in [-0.25, -0.2) is 0 Å². The van der Waals surface area contributed by atoms with Crippen LogP contribution in [0.25, 0.3) is 0 Å². The van der Waals surface area contributed by atoms with Gasteiger partial charge >= 0.3 is 5.97 Å². The highest BCUT2D eigenvalue weighted by atomic mass is 127. The molecule has 0 aromatic heterocycles. The van der Waals surface area contributed by atoms with E-state index in [1.54, 1.807) is 6.07 Å². The molecule has 4 nitrogen and oxygen atoms in total. The van der Waals surface area contributed by atoms with Gasteiger partial charge in [0.25, 0.3) is 0 Å². The third kappa shape index (κ3) is 2.23. The number of rotatable bonds is 3. The zero-order valence-corrected chi connectivity index (χ0v) is 12.2. The van der Waals surface area contributed by atoms with Gasteiger partial charge in [0.1, 0.15) is 5.41 Å². The van der Waals surface area contributed by atoms with Gasteiger partial charge in [0.2, 0.25) is 5.91 Å². The van der Waals surface area contributed by atoms with E-state index in [1.807, 2.05) is 19.1 Å². The number of halogens is 1. The van der Waals surface area contributed by atoms with Crippen LogP contribution in [0.2, 0.25) is 0 Å². The molecule has 1 aromatic rings. The first-order chi connectivity index (χ1) is 8.45. The molecule has 0 saturated heterocycles. The van der Waals surface area contributed by atoms with Gasteiger partial charge in [-0.15, -0.1) is 0 Å². The zero-order valence-electron chi connectivity index (χ0n) is 10.00. The second-order valence-electron chi connectivity index (χ2n) is 4.66. The van der Waals surface area contributed by atoms with Gasteiger partial charge in [-0.1, -0.05) is 12.5 Å². The van der Waals surface area contributed by atoms with Crippen molar-refractivity contribution >= 4 is 40.2 Å². The van der Waals surface area contributed by atoms with Gasteiger partial charge < -0.3 is 10.4 Å². The van der Waals surface area contributed by atoms with Crippen molar-refractivity contribution in [1.82, 2.24) is 0 Å². The Bertz CT molecular complexity index is 509. The van der Waals surface area contributed by atoms with Crippen LogP contribution < -0.4 is 5.32 Å². The van der Waals surface area contributed by atoms with E-state index in [1.165, 1.54) is 0 Å². The average Bonchev–Trinajstić information content (AvgIpc) is 2.21. The summed E-state index contributed by atoms with van der Waals surface area (Å²) in [6, 6.07) is 5.55. The standard InChI is InChI=1S/C13H14INO3/c1-8-3-4-9(7-10(8)14)15-11(16)13(12(17)18)5-2-6-13/h3-4,7H,2,5-6H2,1H3,(H,15,16)(H,17,18). The molecular formula is C13H14INO3. The minimum atomic E-state index is -1.21. The summed E-state index contributed by atoms with van der Waals surface area (Å²) in [6.07, 6.45) is 1.65. The molecule has 2 N–H and O–H groups in total. The minimum absolute atomic E-state index is 0.402. The van der Waals surface area contributed by atoms with E-state index in [4.69, 9.17) is 5.11 Å². The fourth-order valence-electron chi connectivity index (χ4n) is 1.99. The van der Waals surface area contributed by atoms with Crippen molar-refractivity contribution in [1.29, 1.82) is 0 Å². The molecule has 96 valence electrons. The predicted molar refractivity (Wildman–Crippen MR) is 76.4 cm³/mol. The maximum atomic E-state index is 12.1. The number of aliphatic carboxylic acids is 1.